The second kappa shape index (κ2) is 6.48. The minimum atomic E-state index is 0.763. The largest absolute Gasteiger partial charge is 0.383 e. The summed E-state index contributed by atoms with van der Waals surface area (Å²) in [5.41, 5.74) is 4.90. The van der Waals surface area contributed by atoms with Gasteiger partial charge in [0.05, 0.1) is 0 Å². The van der Waals surface area contributed by atoms with Crippen molar-refractivity contribution in [3.05, 3.63) is 58.6 Å². The topological polar surface area (TPSA) is 24.1 Å². The number of anilines is 2. The Hall–Kier alpha value is -1.67. The number of aryl methyl sites for hydroxylation is 2. The van der Waals surface area contributed by atoms with Gasteiger partial charge in [0.1, 0.15) is 0 Å². The van der Waals surface area contributed by atoms with E-state index in [0.717, 1.165) is 23.8 Å². The fraction of sp³-hybridized carbons (Fsp3) is 0.250. The molecule has 0 heterocycles. The van der Waals surface area contributed by atoms with Gasteiger partial charge in [-0.15, -0.1) is 0 Å². The molecule has 0 atom stereocenters. The zero-order chi connectivity index (χ0) is 13.7. The van der Waals surface area contributed by atoms with E-state index < -0.39 is 0 Å². The SMILES string of the molecule is Cc1ccc(NCCNc2ccc(Cl)cc2)cc1C. The highest BCUT2D eigenvalue weighted by Gasteiger charge is 1.96. The number of hydrogen-bond donors (Lipinski definition) is 2. The highest BCUT2D eigenvalue weighted by molar-refractivity contribution is 6.30. The van der Waals surface area contributed by atoms with Gasteiger partial charge in [0.25, 0.3) is 0 Å². The molecule has 2 rings (SSSR count). The number of hydrogen-bond acceptors (Lipinski definition) is 2. The zero-order valence-corrected chi connectivity index (χ0v) is 12.1. The third-order valence-corrected chi connectivity index (χ3v) is 3.39. The van der Waals surface area contributed by atoms with Crippen LogP contribution in [0.25, 0.3) is 0 Å². The Kier molecular flexibility index (Phi) is 4.69. The summed E-state index contributed by atoms with van der Waals surface area (Å²) >= 11 is 5.84. The van der Waals surface area contributed by atoms with Crippen LogP contribution in [0.2, 0.25) is 5.02 Å². The Bertz CT molecular complexity index is 535. The Labute approximate surface area is 119 Å². The lowest BCUT2D eigenvalue weighted by Crippen LogP contribution is -2.13. The molecular weight excluding hydrogens is 256 g/mol. The third kappa shape index (κ3) is 4.18. The molecule has 0 saturated heterocycles. The molecule has 0 bridgehead atoms. The molecular formula is C16H19ClN2. The summed E-state index contributed by atoms with van der Waals surface area (Å²) in [5.74, 6) is 0. The van der Waals surface area contributed by atoms with Crippen molar-refractivity contribution in [3.8, 4) is 0 Å². The number of halogens is 1. The van der Waals surface area contributed by atoms with Gasteiger partial charge in [-0.05, 0) is 61.4 Å². The fourth-order valence-electron chi connectivity index (χ4n) is 1.83. The predicted octanol–water partition coefficient (Wildman–Crippen LogP) is 4.48. The normalized spacial score (nSPS) is 10.3. The van der Waals surface area contributed by atoms with Gasteiger partial charge in [-0.25, -0.2) is 0 Å². The van der Waals surface area contributed by atoms with Crippen molar-refractivity contribution >= 4 is 23.0 Å². The first-order valence-electron chi connectivity index (χ1n) is 6.46. The van der Waals surface area contributed by atoms with Crippen molar-refractivity contribution in [2.45, 2.75) is 13.8 Å². The molecule has 2 aromatic carbocycles. The molecule has 0 aromatic heterocycles. The van der Waals surface area contributed by atoms with Crippen LogP contribution in [0.15, 0.2) is 42.5 Å². The summed E-state index contributed by atoms with van der Waals surface area (Å²) in [6.45, 7) is 6.01. The van der Waals surface area contributed by atoms with Crippen LogP contribution in [-0.4, -0.2) is 13.1 Å². The first kappa shape index (κ1) is 13.8. The van der Waals surface area contributed by atoms with E-state index in [-0.39, 0.29) is 0 Å². The van der Waals surface area contributed by atoms with E-state index >= 15 is 0 Å². The maximum absolute atomic E-state index is 5.84. The molecule has 0 aliphatic carbocycles. The maximum atomic E-state index is 5.84. The van der Waals surface area contributed by atoms with Crippen LogP contribution >= 0.6 is 11.6 Å². The fourth-order valence-corrected chi connectivity index (χ4v) is 1.96. The summed E-state index contributed by atoms with van der Waals surface area (Å²) in [6.07, 6.45) is 0. The van der Waals surface area contributed by atoms with Gasteiger partial charge in [0.2, 0.25) is 0 Å². The van der Waals surface area contributed by atoms with Crippen LogP contribution in [0.4, 0.5) is 11.4 Å². The van der Waals surface area contributed by atoms with Crippen molar-refractivity contribution in [1.29, 1.82) is 0 Å². The number of rotatable bonds is 5. The highest BCUT2D eigenvalue weighted by atomic mass is 35.5. The van der Waals surface area contributed by atoms with Crippen LogP contribution in [0.5, 0.6) is 0 Å². The predicted molar refractivity (Wildman–Crippen MR) is 84.3 cm³/mol. The quantitative estimate of drug-likeness (QED) is 0.786. The molecule has 0 aliphatic heterocycles. The average molecular weight is 275 g/mol. The van der Waals surface area contributed by atoms with Gasteiger partial charge in [0, 0.05) is 29.5 Å². The Morgan fingerprint density at radius 3 is 2.00 bits per heavy atom. The van der Waals surface area contributed by atoms with Crippen molar-refractivity contribution < 1.29 is 0 Å². The summed E-state index contributed by atoms with van der Waals surface area (Å²) in [6, 6.07) is 14.2. The molecule has 19 heavy (non-hydrogen) atoms. The van der Waals surface area contributed by atoms with E-state index in [4.69, 9.17) is 11.6 Å². The second-order valence-electron chi connectivity index (χ2n) is 4.66. The van der Waals surface area contributed by atoms with Gasteiger partial charge < -0.3 is 10.6 Å². The van der Waals surface area contributed by atoms with Crippen molar-refractivity contribution in [3.63, 3.8) is 0 Å². The molecule has 3 heteroatoms. The molecule has 100 valence electrons. The molecule has 2 N–H and O–H groups in total. The van der Waals surface area contributed by atoms with Crippen molar-refractivity contribution in [2.75, 3.05) is 23.7 Å². The molecule has 0 saturated carbocycles. The number of benzene rings is 2. The van der Waals surface area contributed by atoms with Gasteiger partial charge in [-0.2, -0.15) is 0 Å². The maximum Gasteiger partial charge on any atom is 0.0407 e. The van der Waals surface area contributed by atoms with Crippen LogP contribution in [0, 0.1) is 13.8 Å². The molecule has 0 aliphatic rings. The third-order valence-electron chi connectivity index (χ3n) is 3.13. The standard InChI is InChI=1S/C16H19ClN2/c1-12-3-6-16(11-13(12)2)19-10-9-18-15-7-4-14(17)5-8-15/h3-8,11,18-19H,9-10H2,1-2H3. The van der Waals surface area contributed by atoms with E-state index in [0.29, 0.717) is 0 Å². The van der Waals surface area contributed by atoms with E-state index in [1.807, 2.05) is 24.3 Å². The summed E-state index contributed by atoms with van der Waals surface area (Å²) in [5, 5.41) is 7.52. The van der Waals surface area contributed by atoms with E-state index in [1.54, 1.807) is 0 Å². The summed E-state index contributed by atoms with van der Waals surface area (Å²) < 4.78 is 0. The molecule has 0 fully saturated rings. The Morgan fingerprint density at radius 1 is 0.789 bits per heavy atom. The molecule has 0 radical (unpaired) electrons. The highest BCUT2D eigenvalue weighted by Crippen LogP contribution is 2.14. The van der Waals surface area contributed by atoms with Gasteiger partial charge in [0.15, 0.2) is 0 Å². The first-order valence-corrected chi connectivity index (χ1v) is 6.83. The lowest BCUT2D eigenvalue weighted by atomic mass is 10.1. The molecule has 2 nitrogen and oxygen atoms in total. The smallest absolute Gasteiger partial charge is 0.0407 e. The first-order chi connectivity index (χ1) is 9.15. The van der Waals surface area contributed by atoms with Crippen LogP contribution in [-0.2, 0) is 0 Å². The van der Waals surface area contributed by atoms with Crippen molar-refractivity contribution in [1.82, 2.24) is 0 Å². The van der Waals surface area contributed by atoms with Gasteiger partial charge >= 0.3 is 0 Å². The zero-order valence-electron chi connectivity index (χ0n) is 11.3. The van der Waals surface area contributed by atoms with E-state index in [1.165, 1.54) is 16.8 Å². The lowest BCUT2D eigenvalue weighted by Gasteiger charge is -2.10. The van der Waals surface area contributed by atoms with Crippen LogP contribution in [0.1, 0.15) is 11.1 Å². The number of nitrogens with one attached hydrogen (secondary N) is 2. The Balaban J connectivity index is 1.77. The molecule has 0 unspecified atom stereocenters. The Morgan fingerprint density at radius 2 is 1.37 bits per heavy atom. The van der Waals surface area contributed by atoms with Gasteiger partial charge in [-0.1, -0.05) is 17.7 Å². The average Bonchev–Trinajstić information content (AvgIpc) is 2.41. The summed E-state index contributed by atoms with van der Waals surface area (Å²) in [4.78, 5) is 0. The summed E-state index contributed by atoms with van der Waals surface area (Å²) in [7, 11) is 0. The molecule has 0 amide bonds. The molecule has 2 aromatic rings. The minimum absolute atomic E-state index is 0.763. The van der Waals surface area contributed by atoms with Gasteiger partial charge in [-0.3, -0.25) is 0 Å². The van der Waals surface area contributed by atoms with Crippen LogP contribution < -0.4 is 10.6 Å². The van der Waals surface area contributed by atoms with E-state index in [9.17, 15) is 0 Å². The minimum Gasteiger partial charge on any atom is -0.383 e. The second-order valence-corrected chi connectivity index (χ2v) is 5.10. The van der Waals surface area contributed by atoms with Crippen molar-refractivity contribution in [2.24, 2.45) is 0 Å². The lowest BCUT2D eigenvalue weighted by molar-refractivity contribution is 1.08. The monoisotopic (exact) mass is 274 g/mol. The van der Waals surface area contributed by atoms with Crippen LogP contribution in [0.3, 0.4) is 0 Å². The van der Waals surface area contributed by atoms with E-state index in [2.05, 4.69) is 42.7 Å². The molecule has 0 spiro atoms.